The Balaban J connectivity index is 1.59. The van der Waals surface area contributed by atoms with E-state index in [1.165, 1.54) is 0 Å². The smallest absolute Gasteiger partial charge is 0.227 e. The van der Waals surface area contributed by atoms with Crippen LogP contribution in [0.25, 0.3) is 0 Å². The Morgan fingerprint density at radius 1 is 1.03 bits per heavy atom. The van der Waals surface area contributed by atoms with Crippen molar-refractivity contribution in [1.82, 2.24) is 4.90 Å². The Labute approximate surface area is 196 Å². The van der Waals surface area contributed by atoms with E-state index >= 15 is 0 Å². The molecule has 0 saturated heterocycles. The quantitative estimate of drug-likeness (QED) is 0.546. The largest absolute Gasteiger partial charge is 0.496 e. The van der Waals surface area contributed by atoms with Gasteiger partial charge in [0.05, 0.1) is 19.9 Å². The standard InChI is InChI=1S/C26H35N3O4/c1-17-6-12-24(33-5)25(27-16-30)22(17)15-29(3)21-10-7-19(8-11-21)26(31)28-20-9-13-23(32-4)18(2)14-20/h6,9,12-14,16,19,21H,7-8,10-11,15H2,1-5H3,(H,27,30)(H,28,31). The van der Waals surface area contributed by atoms with E-state index in [-0.39, 0.29) is 11.8 Å². The first kappa shape index (κ1) is 24.6. The van der Waals surface area contributed by atoms with Crippen LogP contribution in [-0.4, -0.2) is 44.5 Å². The minimum Gasteiger partial charge on any atom is -0.496 e. The van der Waals surface area contributed by atoms with E-state index < -0.39 is 0 Å². The van der Waals surface area contributed by atoms with Crippen molar-refractivity contribution in [3.05, 3.63) is 47.0 Å². The topological polar surface area (TPSA) is 79.9 Å². The SMILES string of the molecule is COc1ccc(NC(=O)C2CCC(N(C)Cc3c(C)ccc(OC)c3NC=O)CC2)cc1C. The molecule has 2 N–H and O–H groups in total. The van der Waals surface area contributed by atoms with E-state index in [9.17, 15) is 9.59 Å². The summed E-state index contributed by atoms with van der Waals surface area (Å²) in [6.07, 6.45) is 4.30. The van der Waals surface area contributed by atoms with Gasteiger partial charge in [0.2, 0.25) is 12.3 Å². The van der Waals surface area contributed by atoms with Gasteiger partial charge in [0.25, 0.3) is 0 Å². The van der Waals surface area contributed by atoms with Crippen LogP contribution >= 0.6 is 0 Å². The van der Waals surface area contributed by atoms with Gasteiger partial charge in [-0.1, -0.05) is 6.07 Å². The molecule has 0 unspecified atom stereocenters. The molecular weight excluding hydrogens is 418 g/mol. The molecule has 0 heterocycles. The predicted molar refractivity (Wildman–Crippen MR) is 131 cm³/mol. The number of carbonyl (C=O) groups is 2. The fraction of sp³-hybridized carbons (Fsp3) is 0.462. The molecule has 1 aliphatic rings. The number of nitrogens with one attached hydrogen (secondary N) is 2. The van der Waals surface area contributed by atoms with Gasteiger partial charge in [0.15, 0.2) is 0 Å². The molecule has 0 radical (unpaired) electrons. The van der Waals surface area contributed by atoms with Gasteiger partial charge in [-0.3, -0.25) is 14.5 Å². The second-order valence-electron chi connectivity index (χ2n) is 8.79. The molecule has 2 amide bonds. The second-order valence-corrected chi connectivity index (χ2v) is 8.79. The number of amides is 2. The molecule has 0 atom stereocenters. The zero-order chi connectivity index (χ0) is 24.0. The monoisotopic (exact) mass is 453 g/mol. The number of aryl methyl sites for hydroxylation is 2. The van der Waals surface area contributed by atoms with E-state index in [4.69, 9.17) is 9.47 Å². The third-order valence-corrected chi connectivity index (χ3v) is 6.69. The zero-order valence-corrected chi connectivity index (χ0v) is 20.2. The van der Waals surface area contributed by atoms with Gasteiger partial charge < -0.3 is 20.1 Å². The van der Waals surface area contributed by atoms with Crippen molar-refractivity contribution in [2.24, 2.45) is 5.92 Å². The lowest BCUT2D eigenvalue weighted by Gasteiger charge is -2.35. The maximum absolute atomic E-state index is 12.8. The molecule has 0 aliphatic heterocycles. The Kier molecular flexibility index (Phi) is 8.33. The minimum absolute atomic E-state index is 0.0166. The van der Waals surface area contributed by atoms with Crippen LogP contribution in [0.1, 0.15) is 42.4 Å². The Morgan fingerprint density at radius 2 is 1.70 bits per heavy atom. The van der Waals surface area contributed by atoms with Crippen LogP contribution in [0.2, 0.25) is 0 Å². The highest BCUT2D eigenvalue weighted by atomic mass is 16.5. The van der Waals surface area contributed by atoms with Crippen molar-refractivity contribution in [3.63, 3.8) is 0 Å². The minimum atomic E-state index is 0.0166. The van der Waals surface area contributed by atoms with Gasteiger partial charge >= 0.3 is 0 Å². The maximum Gasteiger partial charge on any atom is 0.227 e. The molecule has 0 bridgehead atoms. The van der Waals surface area contributed by atoms with Crippen molar-refractivity contribution in [3.8, 4) is 11.5 Å². The third kappa shape index (κ3) is 5.85. The molecule has 178 valence electrons. The highest BCUT2D eigenvalue weighted by Crippen LogP contribution is 2.34. The van der Waals surface area contributed by atoms with Gasteiger partial charge in [-0.05, 0) is 87.5 Å². The van der Waals surface area contributed by atoms with Crippen LogP contribution in [0.15, 0.2) is 30.3 Å². The van der Waals surface area contributed by atoms with E-state index in [1.807, 2.05) is 44.2 Å². The number of rotatable bonds is 9. The van der Waals surface area contributed by atoms with Gasteiger partial charge in [0, 0.05) is 24.2 Å². The fourth-order valence-electron chi connectivity index (χ4n) is 4.68. The molecule has 3 rings (SSSR count). The van der Waals surface area contributed by atoms with Crippen LogP contribution in [0.3, 0.4) is 0 Å². The summed E-state index contributed by atoms with van der Waals surface area (Å²) in [6, 6.07) is 9.97. The molecule has 0 aromatic heterocycles. The molecule has 33 heavy (non-hydrogen) atoms. The number of anilines is 2. The Hall–Kier alpha value is -3.06. The molecule has 2 aromatic rings. The maximum atomic E-state index is 12.8. The van der Waals surface area contributed by atoms with E-state index in [0.29, 0.717) is 24.7 Å². The van der Waals surface area contributed by atoms with Crippen LogP contribution in [0.5, 0.6) is 11.5 Å². The molecule has 1 saturated carbocycles. The average Bonchev–Trinajstić information content (AvgIpc) is 2.81. The van der Waals surface area contributed by atoms with Crippen LogP contribution in [-0.2, 0) is 16.1 Å². The van der Waals surface area contributed by atoms with Gasteiger partial charge in [-0.2, -0.15) is 0 Å². The molecule has 1 fully saturated rings. The van der Waals surface area contributed by atoms with Gasteiger partial charge in [0.1, 0.15) is 11.5 Å². The van der Waals surface area contributed by atoms with Crippen molar-refractivity contribution >= 4 is 23.7 Å². The first-order valence-electron chi connectivity index (χ1n) is 11.4. The number of ether oxygens (including phenoxy) is 2. The van der Waals surface area contributed by atoms with E-state index in [1.54, 1.807) is 14.2 Å². The first-order valence-corrected chi connectivity index (χ1v) is 11.4. The predicted octanol–water partition coefficient (Wildman–Crippen LogP) is 4.52. The number of carbonyl (C=O) groups excluding carboxylic acids is 2. The lowest BCUT2D eigenvalue weighted by atomic mass is 9.84. The Bertz CT molecular complexity index is 984. The Morgan fingerprint density at radius 3 is 2.30 bits per heavy atom. The summed E-state index contributed by atoms with van der Waals surface area (Å²) < 4.78 is 10.7. The van der Waals surface area contributed by atoms with Crippen molar-refractivity contribution < 1.29 is 19.1 Å². The van der Waals surface area contributed by atoms with Crippen molar-refractivity contribution in [2.75, 3.05) is 31.9 Å². The van der Waals surface area contributed by atoms with Crippen molar-refractivity contribution in [2.45, 2.75) is 52.1 Å². The number of benzene rings is 2. The summed E-state index contributed by atoms with van der Waals surface area (Å²) in [5, 5.41) is 5.87. The van der Waals surface area contributed by atoms with Crippen LogP contribution in [0.4, 0.5) is 11.4 Å². The molecule has 0 spiro atoms. The number of hydrogen-bond donors (Lipinski definition) is 2. The first-order chi connectivity index (χ1) is 15.9. The summed E-state index contributed by atoms with van der Waals surface area (Å²) in [6.45, 7) is 4.71. The van der Waals surface area contributed by atoms with Gasteiger partial charge in [-0.15, -0.1) is 0 Å². The molecule has 2 aromatic carbocycles. The highest BCUT2D eigenvalue weighted by Gasteiger charge is 2.29. The number of hydrogen-bond acceptors (Lipinski definition) is 5. The lowest BCUT2D eigenvalue weighted by Crippen LogP contribution is -2.37. The van der Waals surface area contributed by atoms with Crippen LogP contribution in [0, 0.1) is 19.8 Å². The normalized spacial score (nSPS) is 18.0. The zero-order valence-electron chi connectivity index (χ0n) is 20.2. The fourth-order valence-corrected chi connectivity index (χ4v) is 4.68. The highest BCUT2D eigenvalue weighted by molar-refractivity contribution is 5.92. The third-order valence-electron chi connectivity index (χ3n) is 6.69. The summed E-state index contributed by atoms with van der Waals surface area (Å²) in [5.74, 6) is 1.57. The summed E-state index contributed by atoms with van der Waals surface area (Å²) in [7, 11) is 5.35. The number of nitrogens with zero attached hydrogens (tertiary/aromatic N) is 1. The lowest BCUT2D eigenvalue weighted by molar-refractivity contribution is -0.121. The summed E-state index contributed by atoms with van der Waals surface area (Å²) in [5.41, 5.74) is 4.69. The molecule has 1 aliphatic carbocycles. The molecular formula is C26H35N3O4. The van der Waals surface area contributed by atoms with Crippen LogP contribution < -0.4 is 20.1 Å². The van der Waals surface area contributed by atoms with E-state index in [0.717, 1.165) is 59.5 Å². The van der Waals surface area contributed by atoms with Crippen molar-refractivity contribution in [1.29, 1.82) is 0 Å². The summed E-state index contributed by atoms with van der Waals surface area (Å²) in [4.78, 5) is 26.3. The molecule has 7 heteroatoms. The van der Waals surface area contributed by atoms with E-state index in [2.05, 4.69) is 22.6 Å². The summed E-state index contributed by atoms with van der Waals surface area (Å²) >= 11 is 0. The number of methoxy groups -OCH3 is 2. The average molecular weight is 454 g/mol. The van der Waals surface area contributed by atoms with Gasteiger partial charge in [-0.25, -0.2) is 0 Å². The molecule has 7 nitrogen and oxygen atoms in total. The second kappa shape index (κ2) is 11.2.